The van der Waals surface area contributed by atoms with Crippen molar-refractivity contribution in [3.8, 4) is 0 Å². The molecule has 0 fully saturated rings. The van der Waals surface area contributed by atoms with E-state index in [1.165, 1.54) is 4.90 Å². The Kier molecular flexibility index (Phi) is 4.26. The average Bonchev–Trinajstić information content (AvgIpc) is 2.38. The smallest absolute Gasteiger partial charge is 0.423 e. The first-order chi connectivity index (χ1) is 8.27. The van der Waals surface area contributed by atoms with Crippen LogP contribution in [0.4, 0.5) is 0 Å². The fraction of sp³-hybridized carbons (Fsp3) is 0.0769. The van der Waals surface area contributed by atoms with Gasteiger partial charge in [0.2, 0.25) is 0 Å². The van der Waals surface area contributed by atoms with Crippen LogP contribution in [-0.2, 0) is 5.75 Å². The van der Waals surface area contributed by atoms with Crippen molar-refractivity contribution in [2.45, 2.75) is 10.6 Å². The van der Waals surface area contributed by atoms with E-state index < -0.39 is 7.12 Å². The molecule has 0 bridgehead atoms. The highest BCUT2D eigenvalue weighted by Crippen LogP contribution is 2.21. The van der Waals surface area contributed by atoms with Crippen LogP contribution in [0, 0.1) is 0 Å². The van der Waals surface area contributed by atoms with Crippen LogP contribution in [0.25, 0.3) is 0 Å². The summed E-state index contributed by atoms with van der Waals surface area (Å²) in [6.45, 7) is 0. The Labute approximate surface area is 105 Å². The van der Waals surface area contributed by atoms with Crippen LogP contribution in [0.3, 0.4) is 0 Å². The van der Waals surface area contributed by atoms with E-state index in [2.05, 4.69) is 0 Å². The molecule has 0 atom stereocenters. The number of benzene rings is 2. The number of hydrogen-bond donors (Lipinski definition) is 2. The van der Waals surface area contributed by atoms with Crippen molar-refractivity contribution < 1.29 is 10.0 Å². The molecule has 2 N–H and O–H groups in total. The van der Waals surface area contributed by atoms with Crippen molar-refractivity contribution in [3.63, 3.8) is 0 Å². The van der Waals surface area contributed by atoms with Crippen molar-refractivity contribution in [3.05, 3.63) is 60.2 Å². The largest absolute Gasteiger partial charge is 0.488 e. The number of hydrogen-bond acceptors (Lipinski definition) is 3. The highest BCUT2D eigenvalue weighted by molar-refractivity contribution is 7.98. The molecule has 0 spiro atoms. The minimum absolute atomic E-state index is 0.580. The zero-order valence-electron chi connectivity index (χ0n) is 9.28. The van der Waals surface area contributed by atoms with Crippen LogP contribution in [-0.4, -0.2) is 17.2 Å². The fourth-order valence-electron chi connectivity index (χ4n) is 1.60. The first-order valence-electron chi connectivity index (χ1n) is 5.39. The highest BCUT2D eigenvalue weighted by atomic mass is 32.2. The zero-order chi connectivity index (χ0) is 12.1. The highest BCUT2D eigenvalue weighted by Gasteiger charge is 2.14. The van der Waals surface area contributed by atoms with Crippen molar-refractivity contribution in [1.82, 2.24) is 0 Å². The van der Waals surface area contributed by atoms with Gasteiger partial charge in [-0.2, -0.15) is 0 Å². The lowest BCUT2D eigenvalue weighted by Crippen LogP contribution is -2.32. The number of thioether (sulfide) groups is 1. The predicted molar refractivity (Wildman–Crippen MR) is 72.3 cm³/mol. The van der Waals surface area contributed by atoms with Gasteiger partial charge in [-0.1, -0.05) is 42.5 Å². The summed E-state index contributed by atoms with van der Waals surface area (Å²) in [5.41, 5.74) is 1.53. The molecule has 0 amide bonds. The summed E-state index contributed by atoms with van der Waals surface area (Å²) in [5, 5.41) is 18.5. The summed E-state index contributed by atoms with van der Waals surface area (Å²) in [4.78, 5) is 1.18. The molecule has 4 heteroatoms. The van der Waals surface area contributed by atoms with Gasteiger partial charge >= 0.3 is 7.12 Å². The molecule has 2 rings (SSSR count). The lowest BCUT2D eigenvalue weighted by molar-refractivity contribution is 0.425. The zero-order valence-corrected chi connectivity index (χ0v) is 10.1. The SMILES string of the molecule is OB(O)c1ccccc1CSc1ccccc1. The minimum Gasteiger partial charge on any atom is -0.423 e. The van der Waals surface area contributed by atoms with Crippen LogP contribution in [0.5, 0.6) is 0 Å². The van der Waals surface area contributed by atoms with E-state index in [0.717, 1.165) is 11.3 Å². The Morgan fingerprint density at radius 1 is 0.882 bits per heavy atom. The fourth-order valence-corrected chi connectivity index (χ4v) is 2.53. The van der Waals surface area contributed by atoms with Crippen molar-refractivity contribution in [2.24, 2.45) is 0 Å². The standard InChI is InChI=1S/C13H13BO2S/c15-14(16)13-9-5-4-6-11(13)10-17-12-7-2-1-3-8-12/h1-9,15-16H,10H2. The normalized spacial score (nSPS) is 10.2. The molecule has 0 saturated heterocycles. The second-order valence-electron chi connectivity index (χ2n) is 3.67. The molecule has 2 aromatic rings. The monoisotopic (exact) mass is 244 g/mol. The Morgan fingerprint density at radius 2 is 1.53 bits per heavy atom. The number of rotatable bonds is 4. The third-order valence-electron chi connectivity index (χ3n) is 2.47. The van der Waals surface area contributed by atoms with Gasteiger partial charge in [-0.25, -0.2) is 0 Å². The molecule has 2 aromatic carbocycles. The third-order valence-corrected chi connectivity index (χ3v) is 3.53. The van der Waals surface area contributed by atoms with Gasteiger partial charge in [0.1, 0.15) is 0 Å². The molecule has 0 radical (unpaired) electrons. The van der Waals surface area contributed by atoms with Gasteiger partial charge in [0.15, 0.2) is 0 Å². The molecule has 0 aromatic heterocycles. The summed E-state index contributed by atoms with van der Waals surface area (Å²) < 4.78 is 0. The minimum atomic E-state index is -1.40. The Hall–Kier alpha value is -1.23. The van der Waals surface area contributed by atoms with Gasteiger partial charge in [0.25, 0.3) is 0 Å². The van der Waals surface area contributed by atoms with Gasteiger partial charge in [-0.05, 0) is 23.2 Å². The van der Waals surface area contributed by atoms with Gasteiger partial charge in [-0.15, -0.1) is 11.8 Å². The molecule has 0 aliphatic rings. The molecule has 0 aliphatic heterocycles. The molecule has 0 heterocycles. The molecule has 86 valence electrons. The molecular formula is C13H13BO2S. The first-order valence-corrected chi connectivity index (χ1v) is 6.38. The second-order valence-corrected chi connectivity index (χ2v) is 4.72. The van der Waals surface area contributed by atoms with E-state index >= 15 is 0 Å². The van der Waals surface area contributed by atoms with Crippen LogP contribution in [0.1, 0.15) is 5.56 Å². The first kappa shape index (κ1) is 12.2. The Morgan fingerprint density at radius 3 is 2.24 bits per heavy atom. The molecular weight excluding hydrogens is 231 g/mol. The maximum absolute atomic E-state index is 9.25. The molecule has 0 unspecified atom stereocenters. The van der Waals surface area contributed by atoms with Crippen LogP contribution >= 0.6 is 11.8 Å². The summed E-state index contributed by atoms with van der Waals surface area (Å²) in [5.74, 6) is 0.734. The average molecular weight is 244 g/mol. The Bertz CT molecular complexity index is 474. The van der Waals surface area contributed by atoms with Crippen molar-refractivity contribution in [1.29, 1.82) is 0 Å². The summed E-state index contributed by atoms with van der Waals surface area (Å²) in [6, 6.07) is 17.4. The molecule has 0 aliphatic carbocycles. The maximum Gasteiger partial charge on any atom is 0.488 e. The van der Waals surface area contributed by atoms with Gasteiger partial charge < -0.3 is 10.0 Å². The molecule has 2 nitrogen and oxygen atoms in total. The summed E-state index contributed by atoms with van der Waals surface area (Å²) >= 11 is 1.68. The Balaban J connectivity index is 2.09. The predicted octanol–water partition coefficient (Wildman–Crippen LogP) is 1.66. The van der Waals surface area contributed by atoms with Crippen LogP contribution in [0.15, 0.2) is 59.5 Å². The van der Waals surface area contributed by atoms with Crippen molar-refractivity contribution in [2.75, 3.05) is 0 Å². The molecule has 0 saturated carbocycles. The van der Waals surface area contributed by atoms with Gasteiger partial charge in [0.05, 0.1) is 0 Å². The summed E-state index contributed by atoms with van der Waals surface area (Å²) in [6.07, 6.45) is 0. The van der Waals surface area contributed by atoms with E-state index in [0.29, 0.717) is 5.46 Å². The lowest BCUT2D eigenvalue weighted by atomic mass is 9.77. The van der Waals surface area contributed by atoms with E-state index in [9.17, 15) is 10.0 Å². The molecule has 17 heavy (non-hydrogen) atoms. The van der Waals surface area contributed by atoms with Gasteiger partial charge in [-0.3, -0.25) is 0 Å². The second kappa shape index (κ2) is 5.91. The topological polar surface area (TPSA) is 40.5 Å². The van der Waals surface area contributed by atoms with Gasteiger partial charge in [0, 0.05) is 10.6 Å². The lowest BCUT2D eigenvalue weighted by Gasteiger charge is -2.08. The van der Waals surface area contributed by atoms with Crippen molar-refractivity contribution >= 4 is 24.3 Å². The van der Waals surface area contributed by atoms with Crippen LogP contribution < -0.4 is 5.46 Å². The van der Waals surface area contributed by atoms with E-state index in [-0.39, 0.29) is 0 Å². The van der Waals surface area contributed by atoms with E-state index in [4.69, 9.17) is 0 Å². The maximum atomic E-state index is 9.25. The summed E-state index contributed by atoms with van der Waals surface area (Å²) in [7, 11) is -1.40. The quantitative estimate of drug-likeness (QED) is 0.634. The van der Waals surface area contributed by atoms with Crippen LogP contribution in [0.2, 0.25) is 0 Å². The van der Waals surface area contributed by atoms with E-state index in [1.54, 1.807) is 17.8 Å². The third kappa shape index (κ3) is 3.36. The van der Waals surface area contributed by atoms with E-state index in [1.807, 2.05) is 48.5 Å².